The van der Waals surface area contributed by atoms with Crippen LogP contribution in [0.4, 0.5) is 0 Å². The Morgan fingerprint density at radius 1 is 0.269 bits per heavy atom. The third-order valence-electron chi connectivity index (χ3n) is 19.4. The summed E-state index contributed by atoms with van der Waals surface area (Å²) >= 11 is 0. The van der Waals surface area contributed by atoms with Crippen molar-refractivity contribution in [3.05, 3.63) is 237 Å². The summed E-state index contributed by atoms with van der Waals surface area (Å²) in [6.07, 6.45) is 2.24. The summed E-state index contributed by atoms with van der Waals surface area (Å²) in [4.78, 5) is 57.4. The molecular weight excluding hydrogens is 1300 g/mol. The third kappa shape index (κ3) is 20.3. The number of amides is 4. The number of rotatable bonds is 32. The number of carbonyl (C=O) groups is 4. The van der Waals surface area contributed by atoms with Crippen molar-refractivity contribution in [2.45, 2.75) is 157 Å². The van der Waals surface area contributed by atoms with Crippen LogP contribution in [0.3, 0.4) is 0 Å². The molecule has 16 nitrogen and oxygen atoms in total. The van der Waals surface area contributed by atoms with Crippen LogP contribution in [0.15, 0.2) is 170 Å². The standard InChI is InChI=1S/C88H108N4O12/c1-53(2)37-65-69-41-74(82(45-77(69)97-13)102-50-86(94)90-58(10)62-31-23-18-24-32-62)67(39-55(5)6)71-43-76(84(47-79(71)99-15)104-52-88(96)92-60(12)64-35-27-20-28-36-64)68(40-56(7)8)72-44-75(83(48-80(72)100-16)103-51-87(95)91-59(11)63-33-25-19-26-34-63)66(38-54(3)4)70-42-73(65)81(46-78(70)98-14)101-49-85(93)89-57(9)61-29-21-17-22-30-61/h17-36,41-48,53-60,65-68H,37-40,49-52H2,1-16H3,(H,89,93)(H,90,94)(H,91,95)(H,92,96)/t57-,58-,59-,60-,65-,66-,67-,68-/m0/s1. The second-order valence-electron chi connectivity index (χ2n) is 29.2. The van der Waals surface area contributed by atoms with Gasteiger partial charge in [0.25, 0.3) is 23.6 Å². The molecule has 0 aromatic heterocycles. The van der Waals surface area contributed by atoms with Gasteiger partial charge in [-0.1, -0.05) is 177 Å². The summed E-state index contributed by atoms with van der Waals surface area (Å²) in [5.41, 5.74) is 10.0. The first kappa shape index (κ1) is 78.2. The maximum absolute atomic E-state index is 14.4. The molecule has 8 atom stereocenters. The van der Waals surface area contributed by atoms with Crippen LogP contribution in [0.2, 0.25) is 0 Å². The van der Waals surface area contributed by atoms with Crippen molar-refractivity contribution in [1.29, 1.82) is 0 Å². The second-order valence-corrected chi connectivity index (χ2v) is 29.2. The van der Waals surface area contributed by atoms with Gasteiger partial charge >= 0.3 is 0 Å². The van der Waals surface area contributed by atoms with E-state index in [9.17, 15) is 19.2 Å². The van der Waals surface area contributed by atoms with Crippen molar-refractivity contribution >= 4 is 23.6 Å². The molecule has 16 heteroatoms. The van der Waals surface area contributed by atoms with Crippen LogP contribution in [0, 0.1) is 23.7 Å². The molecule has 4 amide bonds. The van der Waals surface area contributed by atoms with Gasteiger partial charge in [-0.2, -0.15) is 0 Å². The normalized spacial score (nSPS) is 16.0. The Hall–Kier alpha value is -9.96. The lowest BCUT2D eigenvalue weighted by molar-refractivity contribution is -0.124. The van der Waals surface area contributed by atoms with Crippen LogP contribution in [0.5, 0.6) is 46.0 Å². The number of ether oxygens (including phenoxy) is 8. The second kappa shape index (κ2) is 37.0. The monoisotopic (exact) mass is 1410 g/mol. The highest BCUT2D eigenvalue weighted by Gasteiger charge is 2.37. The van der Waals surface area contributed by atoms with Gasteiger partial charge in [0.2, 0.25) is 0 Å². The zero-order valence-electron chi connectivity index (χ0n) is 63.6. The SMILES string of the molecule is COc1cc(OCC(=O)N[C@@H](C)c2ccccc2)c2cc1[C@H](CC(C)C)c1cc(c(OC)cc1OCC(=O)N[C@@H](C)c1ccccc1)[C@H](CC(C)C)c1cc(c(OC)cc1OCC(=O)N[C@@H](C)c1ccccc1)[C@H](CC(C)C)c1cc(c(OC)cc1OCC(=O)N[C@@H](C)c1ccccc1)[C@@H]2CC(C)C. The molecule has 1 aliphatic rings. The Kier molecular flexibility index (Phi) is 27.8. The Morgan fingerprint density at radius 2 is 0.442 bits per heavy atom. The summed E-state index contributed by atoms with van der Waals surface area (Å²) in [5.74, 6) is 0.613. The number of methoxy groups -OCH3 is 4. The minimum Gasteiger partial charge on any atom is -0.496 e. The topological polar surface area (TPSA) is 190 Å². The highest BCUT2D eigenvalue weighted by Crippen LogP contribution is 2.54. The van der Waals surface area contributed by atoms with Crippen LogP contribution < -0.4 is 59.2 Å². The minimum atomic E-state index is -0.511. The molecular formula is C88H108N4O12. The van der Waals surface area contributed by atoms with E-state index in [1.54, 1.807) is 28.4 Å². The first-order valence-electron chi connectivity index (χ1n) is 36.7. The highest BCUT2D eigenvalue weighted by atomic mass is 16.5. The lowest BCUT2D eigenvalue weighted by Gasteiger charge is -2.33. The fourth-order valence-corrected chi connectivity index (χ4v) is 14.3. The van der Waals surface area contributed by atoms with Crippen LogP contribution in [-0.4, -0.2) is 78.5 Å². The molecule has 0 heterocycles. The van der Waals surface area contributed by atoms with E-state index in [2.05, 4.69) is 101 Å². The number of carbonyl (C=O) groups excluding carboxylic acids is 4. The molecule has 8 bridgehead atoms. The fraction of sp³-hybridized carbons (Fsp3) is 0.409. The van der Waals surface area contributed by atoms with Crippen molar-refractivity contribution in [3.8, 4) is 46.0 Å². The quantitative estimate of drug-likeness (QED) is 0.0313. The summed E-state index contributed by atoms with van der Waals surface area (Å²) in [6.45, 7) is 24.0. The molecule has 8 aromatic carbocycles. The van der Waals surface area contributed by atoms with E-state index in [-0.39, 0.29) is 97.9 Å². The van der Waals surface area contributed by atoms with E-state index in [0.717, 1.165) is 66.8 Å². The van der Waals surface area contributed by atoms with Gasteiger partial charge in [-0.15, -0.1) is 0 Å². The summed E-state index contributed by atoms with van der Waals surface area (Å²) < 4.78 is 54.2. The lowest BCUT2D eigenvalue weighted by Crippen LogP contribution is -2.31. The Labute approximate surface area is 616 Å². The summed E-state index contributed by atoms with van der Waals surface area (Å²) in [6, 6.07) is 54.3. The number of nitrogens with one attached hydrogen (secondary N) is 4. The average molecular weight is 1410 g/mol. The van der Waals surface area contributed by atoms with E-state index >= 15 is 0 Å². The van der Waals surface area contributed by atoms with Crippen LogP contribution in [0.1, 0.15) is 223 Å². The smallest absolute Gasteiger partial charge is 0.258 e. The molecule has 0 unspecified atom stereocenters. The molecule has 4 N–H and O–H groups in total. The van der Waals surface area contributed by atoms with Crippen molar-refractivity contribution in [2.75, 3.05) is 54.9 Å². The number of hydrogen-bond donors (Lipinski definition) is 4. The Morgan fingerprint density at radius 3 is 0.606 bits per heavy atom. The van der Waals surface area contributed by atoms with Gasteiger partial charge < -0.3 is 59.2 Å². The number of hydrogen-bond acceptors (Lipinski definition) is 12. The van der Waals surface area contributed by atoms with E-state index in [1.165, 1.54) is 0 Å². The largest absolute Gasteiger partial charge is 0.496 e. The zero-order valence-corrected chi connectivity index (χ0v) is 63.6. The van der Waals surface area contributed by atoms with Gasteiger partial charge in [-0.3, -0.25) is 19.2 Å². The van der Waals surface area contributed by atoms with Gasteiger partial charge in [0, 0.05) is 92.4 Å². The van der Waals surface area contributed by atoms with E-state index in [4.69, 9.17) is 37.9 Å². The van der Waals surface area contributed by atoms with Gasteiger partial charge in [-0.05, 0) is 124 Å². The molecule has 9 rings (SSSR count). The van der Waals surface area contributed by atoms with Gasteiger partial charge in [0.15, 0.2) is 26.4 Å². The van der Waals surface area contributed by atoms with E-state index in [1.807, 2.05) is 173 Å². The van der Waals surface area contributed by atoms with E-state index < -0.39 is 23.7 Å². The Balaban J connectivity index is 1.36. The van der Waals surface area contributed by atoms with Gasteiger partial charge in [0.05, 0.1) is 52.6 Å². The van der Waals surface area contributed by atoms with Crippen molar-refractivity contribution in [1.82, 2.24) is 21.3 Å². The molecule has 0 saturated heterocycles. The first-order valence-corrected chi connectivity index (χ1v) is 36.7. The van der Waals surface area contributed by atoms with Crippen LogP contribution in [0.25, 0.3) is 0 Å². The Bertz CT molecular complexity index is 3610. The van der Waals surface area contributed by atoms with Crippen molar-refractivity contribution < 1.29 is 57.1 Å². The molecule has 0 spiro atoms. The predicted octanol–water partition coefficient (Wildman–Crippen LogP) is 17.8. The van der Waals surface area contributed by atoms with Crippen LogP contribution >= 0.6 is 0 Å². The molecule has 104 heavy (non-hydrogen) atoms. The molecule has 552 valence electrons. The molecule has 8 aromatic rings. The highest BCUT2D eigenvalue weighted by molar-refractivity contribution is 5.80. The molecule has 0 fully saturated rings. The third-order valence-corrected chi connectivity index (χ3v) is 19.4. The molecule has 0 saturated carbocycles. The van der Waals surface area contributed by atoms with E-state index in [0.29, 0.717) is 71.7 Å². The van der Waals surface area contributed by atoms with Gasteiger partial charge in [-0.25, -0.2) is 0 Å². The first-order chi connectivity index (χ1) is 50.0. The lowest BCUT2D eigenvalue weighted by atomic mass is 9.75. The number of fused-ring (bicyclic) bond motifs is 8. The van der Waals surface area contributed by atoms with Crippen LogP contribution in [-0.2, 0) is 19.2 Å². The molecule has 0 radical (unpaired) electrons. The van der Waals surface area contributed by atoms with Crippen molar-refractivity contribution in [2.24, 2.45) is 23.7 Å². The maximum atomic E-state index is 14.4. The zero-order chi connectivity index (χ0) is 74.7. The van der Waals surface area contributed by atoms with Gasteiger partial charge in [0.1, 0.15) is 46.0 Å². The predicted molar refractivity (Wildman–Crippen MR) is 411 cm³/mol. The molecule has 0 aliphatic heterocycles. The van der Waals surface area contributed by atoms with Crippen molar-refractivity contribution in [3.63, 3.8) is 0 Å². The number of benzene rings is 8. The molecule has 1 aliphatic carbocycles. The summed E-state index contributed by atoms with van der Waals surface area (Å²) in [5, 5.41) is 12.7. The minimum absolute atomic E-state index is 0.0629. The average Bonchev–Trinajstić information content (AvgIpc) is 0.748. The maximum Gasteiger partial charge on any atom is 0.258 e. The summed E-state index contributed by atoms with van der Waals surface area (Å²) in [7, 11) is 6.58. The fourth-order valence-electron chi connectivity index (χ4n) is 14.3.